The van der Waals surface area contributed by atoms with Crippen molar-refractivity contribution in [2.75, 3.05) is 13.1 Å². The van der Waals surface area contributed by atoms with Gasteiger partial charge in [0, 0.05) is 23.1 Å². The molecule has 5 nitrogen and oxygen atoms in total. The quantitative estimate of drug-likeness (QED) is 0.691. The van der Waals surface area contributed by atoms with Crippen LogP contribution in [-0.2, 0) is 11.3 Å². The molecule has 0 radical (unpaired) electrons. The highest BCUT2D eigenvalue weighted by Gasteiger charge is 2.20. The van der Waals surface area contributed by atoms with E-state index in [2.05, 4.69) is 10.3 Å². The molecule has 2 N–H and O–H groups in total. The van der Waals surface area contributed by atoms with E-state index < -0.39 is 0 Å². The van der Waals surface area contributed by atoms with Crippen LogP contribution in [0.25, 0.3) is 10.9 Å². The van der Waals surface area contributed by atoms with Crippen molar-refractivity contribution in [1.29, 1.82) is 0 Å². The number of hydrogen-bond donors (Lipinski definition) is 2. The summed E-state index contributed by atoms with van der Waals surface area (Å²) in [5.74, 6) is 0.458. The van der Waals surface area contributed by atoms with Crippen LogP contribution in [0.2, 0.25) is 0 Å². The van der Waals surface area contributed by atoms with Crippen LogP contribution in [-0.4, -0.2) is 30.1 Å². The zero-order valence-electron chi connectivity index (χ0n) is 14.7. The van der Waals surface area contributed by atoms with E-state index in [-0.39, 0.29) is 18.7 Å². The largest absolute Gasteiger partial charge is 0.489 e. The van der Waals surface area contributed by atoms with Gasteiger partial charge in [-0.1, -0.05) is 30.3 Å². The lowest BCUT2D eigenvalue weighted by molar-refractivity contribution is 0.0474. The molecule has 5 heteroatoms. The molecular weight excluding hydrogens is 328 g/mol. The number of hydrogen-bond acceptors (Lipinski definition) is 4. The van der Waals surface area contributed by atoms with Crippen LogP contribution in [0.15, 0.2) is 48.5 Å². The molecule has 4 rings (SSSR count). The number of aromatic nitrogens is 1. The number of rotatable bonds is 5. The molecule has 1 aliphatic heterocycles. The molecule has 1 saturated heterocycles. The summed E-state index contributed by atoms with van der Waals surface area (Å²) in [6, 6.07) is 15.5. The van der Waals surface area contributed by atoms with Gasteiger partial charge in [0.1, 0.15) is 18.5 Å². The van der Waals surface area contributed by atoms with Crippen LogP contribution in [0.5, 0.6) is 5.75 Å². The Kier molecular flexibility index (Phi) is 4.63. The van der Waals surface area contributed by atoms with Crippen molar-refractivity contribution >= 4 is 16.9 Å². The SMILES string of the molecule is Cc1[nH]c2ccc(OC3CCNC3)cc2c1C(=O)OCc1ccccc1. The first-order chi connectivity index (χ1) is 12.7. The van der Waals surface area contributed by atoms with Gasteiger partial charge in [0.25, 0.3) is 0 Å². The fraction of sp³-hybridized carbons (Fsp3) is 0.286. The Morgan fingerprint density at radius 1 is 1.19 bits per heavy atom. The van der Waals surface area contributed by atoms with E-state index in [1.807, 2.05) is 55.5 Å². The Morgan fingerprint density at radius 3 is 2.81 bits per heavy atom. The first-order valence-corrected chi connectivity index (χ1v) is 8.91. The average Bonchev–Trinajstić information content (AvgIpc) is 3.27. The van der Waals surface area contributed by atoms with Gasteiger partial charge >= 0.3 is 5.97 Å². The number of carbonyl (C=O) groups is 1. The maximum atomic E-state index is 12.7. The summed E-state index contributed by atoms with van der Waals surface area (Å²) < 4.78 is 11.6. The van der Waals surface area contributed by atoms with Crippen molar-refractivity contribution in [2.24, 2.45) is 0 Å². The zero-order chi connectivity index (χ0) is 17.9. The van der Waals surface area contributed by atoms with Crippen LogP contribution in [0.3, 0.4) is 0 Å². The average molecular weight is 350 g/mol. The molecule has 1 fully saturated rings. The van der Waals surface area contributed by atoms with Crippen LogP contribution in [0, 0.1) is 6.92 Å². The number of ether oxygens (including phenoxy) is 2. The second-order valence-electron chi connectivity index (χ2n) is 6.63. The van der Waals surface area contributed by atoms with Gasteiger partial charge in [-0.25, -0.2) is 4.79 Å². The first kappa shape index (κ1) is 16.7. The van der Waals surface area contributed by atoms with Crippen molar-refractivity contribution in [3.05, 3.63) is 65.4 Å². The molecule has 0 aliphatic carbocycles. The highest BCUT2D eigenvalue weighted by atomic mass is 16.5. The number of benzene rings is 2. The normalized spacial score (nSPS) is 16.7. The molecule has 2 heterocycles. The number of nitrogens with one attached hydrogen (secondary N) is 2. The van der Waals surface area contributed by atoms with E-state index in [1.165, 1.54) is 0 Å². The van der Waals surface area contributed by atoms with Gasteiger partial charge < -0.3 is 19.8 Å². The Morgan fingerprint density at radius 2 is 2.04 bits per heavy atom. The molecule has 0 bridgehead atoms. The predicted octanol–water partition coefficient (Wildman–Crippen LogP) is 3.57. The van der Waals surface area contributed by atoms with Gasteiger partial charge in [-0.2, -0.15) is 0 Å². The molecule has 1 atom stereocenters. The summed E-state index contributed by atoms with van der Waals surface area (Å²) >= 11 is 0. The van der Waals surface area contributed by atoms with Crippen molar-refractivity contribution < 1.29 is 14.3 Å². The summed E-state index contributed by atoms with van der Waals surface area (Å²) in [7, 11) is 0. The fourth-order valence-corrected chi connectivity index (χ4v) is 3.36. The molecule has 1 unspecified atom stereocenters. The van der Waals surface area contributed by atoms with E-state index in [4.69, 9.17) is 9.47 Å². The van der Waals surface area contributed by atoms with Crippen molar-refractivity contribution in [3.8, 4) is 5.75 Å². The lowest BCUT2D eigenvalue weighted by Crippen LogP contribution is -2.19. The van der Waals surface area contributed by atoms with Crippen LogP contribution < -0.4 is 10.1 Å². The fourth-order valence-electron chi connectivity index (χ4n) is 3.36. The van der Waals surface area contributed by atoms with Crippen molar-refractivity contribution in [3.63, 3.8) is 0 Å². The Labute approximate surface area is 152 Å². The van der Waals surface area contributed by atoms with Gasteiger partial charge in [0.15, 0.2) is 0 Å². The molecule has 0 spiro atoms. The number of H-pyrrole nitrogens is 1. The second kappa shape index (κ2) is 7.22. The third kappa shape index (κ3) is 3.44. The van der Waals surface area contributed by atoms with Crippen LogP contribution in [0.4, 0.5) is 0 Å². The van der Waals surface area contributed by atoms with Gasteiger partial charge in [0.2, 0.25) is 0 Å². The van der Waals surface area contributed by atoms with Gasteiger partial charge in [-0.05, 0) is 43.7 Å². The number of aryl methyl sites for hydroxylation is 1. The maximum Gasteiger partial charge on any atom is 0.340 e. The highest BCUT2D eigenvalue weighted by molar-refractivity contribution is 6.05. The van der Waals surface area contributed by atoms with Gasteiger partial charge in [0.05, 0.1) is 5.56 Å². The minimum absolute atomic E-state index is 0.181. The zero-order valence-corrected chi connectivity index (χ0v) is 14.7. The summed E-state index contributed by atoms with van der Waals surface area (Å²) in [6.45, 7) is 3.99. The summed E-state index contributed by atoms with van der Waals surface area (Å²) in [5, 5.41) is 4.13. The Balaban J connectivity index is 1.56. The number of carbonyl (C=O) groups excluding carboxylic acids is 1. The monoisotopic (exact) mass is 350 g/mol. The molecule has 2 aromatic carbocycles. The number of aromatic amines is 1. The molecule has 1 aliphatic rings. The van der Waals surface area contributed by atoms with E-state index in [1.54, 1.807) is 0 Å². The number of fused-ring (bicyclic) bond motifs is 1. The van der Waals surface area contributed by atoms with Gasteiger partial charge in [-0.3, -0.25) is 0 Å². The van der Waals surface area contributed by atoms with E-state index >= 15 is 0 Å². The lowest BCUT2D eigenvalue weighted by atomic mass is 10.1. The van der Waals surface area contributed by atoms with E-state index in [9.17, 15) is 4.79 Å². The van der Waals surface area contributed by atoms with Gasteiger partial charge in [-0.15, -0.1) is 0 Å². The number of esters is 1. The summed E-state index contributed by atoms with van der Waals surface area (Å²) in [4.78, 5) is 15.9. The van der Waals surface area contributed by atoms with Crippen LogP contribution in [0.1, 0.15) is 28.0 Å². The minimum Gasteiger partial charge on any atom is -0.489 e. The summed E-state index contributed by atoms with van der Waals surface area (Å²) in [6.07, 6.45) is 1.18. The standard InChI is InChI=1S/C21H22N2O3/c1-14-20(21(24)25-13-15-5-3-2-4-6-15)18-11-16(7-8-19(18)23-14)26-17-9-10-22-12-17/h2-8,11,17,22-23H,9-10,12-13H2,1H3. The lowest BCUT2D eigenvalue weighted by Gasteiger charge is -2.12. The molecular formula is C21H22N2O3. The smallest absolute Gasteiger partial charge is 0.340 e. The van der Waals surface area contributed by atoms with E-state index in [0.717, 1.165) is 47.4 Å². The Hall–Kier alpha value is -2.79. The third-order valence-corrected chi connectivity index (χ3v) is 4.69. The van der Waals surface area contributed by atoms with Crippen LogP contribution >= 0.6 is 0 Å². The topological polar surface area (TPSA) is 63.3 Å². The second-order valence-corrected chi connectivity index (χ2v) is 6.63. The molecule has 26 heavy (non-hydrogen) atoms. The Bertz CT molecular complexity index is 912. The molecule has 0 saturated carbocycles. The molecule has 134 valence electrons. The molecule has 3 aromatic rings. The first-order valence-electron chi connectivity index (χ1n) is 8.91. The highest BCUT2D eigenvalue weighted by Crippen LogP contribution is 2.28. The third-order valence-electron chi connectivity index (χ3n) is 4.69. The molecule has 1 aromatic heterocycles. The maximum absolute atomic E-state index is 12.7. The van der Waals surface area contributed by atoms with Crippen molar-refractivity contribution in [2.45, 2.75) is 26.1 Å². The molecule has 0 amide bonds. The summed E-state index contributed by atoms with van der Waals surface area (Å²) in [5.41, 5.74) is 3.26. The minimum atomic E-state index is -0.322. The van der Waals surface area contributed by atoms with Crippen molar-refractivity contribution in [1.82, 2.24) is 10.3 Å². The van der Waals surface area contributed by atoms with E-state index in [0.29, 0.717) is 5.56 Å². The predicted molar refractivity (Wildman–Crippen MR) is 100 cm³/mol.